The molecule has 1 amide bonds. The smallest absolute Gasteiger partial charge is 0.237 e. The molecule has 0 aliphatic carbocycles. The Morgan fingerprint density at radius 3 is 2.92 bits per heavy atom. The van der Waals surface area contributed by atoms with Gasteiger partial charge in [-0.25, -0.2) is 4.98 Å². The standard InChI is InChI=1S/C17H19BrN2O3S/c1-12-10-13(18)5-6-15(12)24-11-16(21)20-14-4-3-7-19-17(14)23-9-8-22-2/h3-7,10H,8-9,11H2,1-2H3,(H,20,21). The largest absolute Gasteiger partial charge is 0.474 e. The summed E-state index contributed by atoms with van der Waals surface area (Å²) in [6, 6.07) is 9.52. The number of amides is 1. The number of benzene rings is 1. The maximum absolute atomic E-state index is 12.2. The summed E-state index contributed by atoms with van der Waals surface area (Å²) in [5.41, 5.74) is 1.69. The number of thioether (sulfide) groups is 1. The van der Waals surface area contributed by atoms with Crippen LogP contribution in [0.25, 0.3) is 0 Å². The van der Waals surface area contributed by atoms with Gasteiger partial charge in [0.05, 0.1) is 12.4 Å². The SMILES string of the molecule is COCCOc1ncccc1NC(=O)CSc1ccc(Br)cc1C. The number of ether oxygens (including phenoxy) is 2. The molecule has 0 spiro atoms. The first-order valence-electron chi connectivity index (χ1n) is 7.35. The van der Waals surface area contributed by atoms with Crippen LogP contribution in [0.15, 0.2) is 45.9 Å². The molecule has 0 fully saturated rings. The van der Waals surface area contributed by atoms with E-state index in [1.165, 1.54) is 11.8 Å². The number of carbonyl (C=O) groups is 1. The lowest BCUT2D eigenvalue weighted by molar-refractivity contribution is -0.113. The molecule has 0 saturated carbocycles. The van der Waals surface area contributed by atoms with Gasteiger partial charge in [0.25, 0.3) is 0 Å². The van der Waals surface area contributed by atoms with E-state index < -0.39 is 0 Å². The first-order chi connectivity index (χ1) is 11.6. The molecule has 0 radical (unpaired) electrons. The molecule has 128 valence electrons. The number of nitrogens with zero attached hydrogens (tertiary/aromatic N) is 1. The Labute approximate surface area is 154 Å². The fraction of sp³-hybridized carbons (Fsp3) is 0.294. The van der Waals surface area contributed by atoms with Crippen molar-refractivity contribution in [2.75, 3.05) is 31.4 Å². The second-order valence-electron chi connectivity index (χ2n) is 4.94. The highest BCUT2D eigenvalue weighted by Crippen LogP contribution is 2.26. The summed E-state index contributed by atoms with van der Waals surface area (Å²) in [5.74, 6) is 0.606. The van der Waals surface area contributed by atoms with Gasteiger partial charge in [-0.05, 0) is 42.8 Å². The van der Waals surface area contributed by atoms with Crippen LogP contribution in [0.3, 0.4) is 0 Å². The van der Waals surface area contributed by atoms with Crippen LogP contribution in [0.2, 0.25) is 0 Å². The first kappa shape index (κ1) is 18.8. The highest BCUT2D eigenvalue weighted by molar-refractivity contribution is 9.10. The predicted molar refractivity (Wildman–Crippen MR) is 99.8 cm³/mol. The zero-order valence-electron chi connectivity index (χ0n) is 13.5. The van der Waals surface area contributed by atoms with Crippen molar-refractivity contribution in [2.24, 2.45) is 0 Å². The monoisotopic (exact) mass is 410 g/mol. The molecular weight excluding hydrogens is 392 g/mol. The molecule has 0 aliphatic heterocycles. The Morgan fingerprint density at radius 2 is 2.17 bits per heavy atom. The number of methoxy groups -OCH3 is 1. The van der Waals surface area contributed by atoms with Gasteiger partial charge in [0.15, 0.2) is 0 Å². The molecule has 24 heavy (non-hydrogen) atoms. The van der Waals surface area contributed by atoms with Gasteiger partial charge >= 0.3 is 0 Å². The Morgan fingerprint density at radius 1 is 1.33 bits per heavy atom. The zero-order valence-corrected chi connectivity index (χ0v) is 15.9. The van der Waals surface area contributed by atoms with Gasteiger partial charge < -0.3 is 14.8 Å². The molecule has 2 aromatic rings. The molecule has 0 bridgehead atoms. The molecule has 5 nitrogen and oxygen atoms in total. The van der Waals surface area contributed by atoms with Crippen molar-refractivity contribution in [3.05, 3.63) is 46.6 Å². The molecule has 0 saturated heterocycles. The third kappa shape index (κ3) is 5.81. The quantitative estimate of drug-likeness (QED) is 0.527. The van der Waals surface area contributed by atoms with E-state index in [9.17, 15) is 4.79 Å². The van der Waals surface area contributed by atoms with Crippen molar-refractivity contribution in [2.45, 2.75) is 11.8 Å². The van der Waals surface area contributed by atoms with Crippen molar-refractivity contribution in [1.29, 1.82) is 0 Å². The topological polar surface area (TPSA) is 60.5 Å². The maximum atomic E-state index is 12.2. The second kappa shape index (κ2) is 9.66. The molecule has 2 rings (SSSR count). The summed E-state index contributed by atoms with van der Waals surface area (Å²) >= 11 is 4.93. The minimum atomic E-state index is -0.105. The number of halogens is 1. The van der Waals surface area contributed by atoms with Gasteiger partial charge in [-0.2, -0.15) is 0 Å². The van der Waals surface area contributed by atoms with Gasteiger partial charge in [0.1, 0.15) is 12.3 Å². The molecule has 0 unspecified atom stereocenters. The average molecular weight is 411 g/mol. The van der Waals surface area contributed by atoms with E-state index in [1.807, 2.05) is 25.1 Å². The Hall–Kier alpha value is -1.57. The Kier molecular flexibility index (Phi) is 7.55. The number of carbonyl (C=O) groups excluding carboxylic acids is 1. The second-order valence-corrected chi connectivity index (χ2v) is 6.88. The molecular formula is C17H19BrN2O3S. The third-order valence-corrected chi connectivity index (χ3v) is 4.74. The van der Waals surface area contributed by atoms with Crippen LogP contribution in [0, 0.1) is 6.92 Å². The normalized spacial score (nSPS) is 10.5. The molecule has 1 heterocycles. The number of aryl methyl sites for hydroxylation is 1. The van der Waals surface area contributed by atoms with Gasteiger partial charge in [-0.1, -0.05) is 15.9 Å². The van der Waals surface area contributed by atoms with E-state index in [0.717, 1.165) is 14.9 Å². The van der Waals surface area contributed by atoms with E-state index >= 15 is 0 Å². The van der Waals surface area contributed by atoms with E-state index in [0.29, 0.717) is 30.5 Å². The van der Waals surface area contributed by atoms with Crippen molar-refractivity contribution < 1.29 is 14.3 Å². The van der Waals surface area contributed by atoms with Crippen molar-refractivity contribution in [1.82, 2.24) is 4.98 Å². The van der Waals surface area contributed by atoms with Gasteiger partial charge in [0, 0.05) is 22.7 Å². The molecule has 1 N–H and O–H groups in total. The number of aromatic nitrogens is 1. The highest BCUT2D eigenvalue weighted by Gasteiger charge is 2.10. The lowest BCUT2D eigenvalue weighted by Crippen LogP contribution is -2.16. The summed E-state index contributed by atoms with van der Waals surface area (Å²) in [7, 11) is 1.60. The minimum Gasteiger partial charge on any atom is -0.474 e. The third-order valence-electron chi connectivity index (χ3n) is 3.07. The molecule has 1 aromatic heterocycles. The van der Waals surface area contributed by atoms with Crippen LogP contribution < -0.4 is 10.1 Å². The van der Waals surface area contributed by atoms with Crippen LogP contribution in [0.4, 0.5) is 5.69 Å². The minimum absolute atomic E-state index is 0.105. The predicted octanol–water partition coefficient (Wildman–Crippen LogP) is 3.91. The maximum Gasteiger partial charge on any atom is 0.237 e. The zero-order chi connectivity index (χ0) is 17.4. The number of pyridine rings is 1. The number of hydrogen-bond donors (Lipinski definition) is 1. The number of nitrogens with one attached hydrogen (secondary N) is 1. The van der Waals surface area contributed by atoms with Crippen molar-refractivity contribution in [3.63, 3.8) is 0 Å². The Balaban J connectivity index is 1.92. The summed E-state index contributed by atoms with van der Waals surface area (Å²) in [4.78, 5) is 17.4. The number of hydrogen-bond acceptors (Lipinski definition) is 5. The fourth-order valence-corrected chi connectivity index (χ4v) is 3.21. The molecule has 1 aromatic carbocycles. The lowest BCUT2D eigenvalue weighted by atomic mass is 10.2. The van der Waals surface area contributed by atoms with Gasteiger partial charge in [0.2, 0.25) is 11.8 Å². The summed E-state index contributed by atoms with van der Waals surface area (Å²) in [6.07, 6.45) is 1.62. The average Bonchev–Trinajstić information content (AvgIpc) is 2.56. The lowest BCUT2D eigenvalue weighted by Gasteiger charge is -2.11. The fourth-order valence-electron chi connectivity index (χ4n) is 1.93. The van der Waals surface area contributed by atoms with Gasteiger partial charge in [-0.15, -0.1) is 11.8 Å². The highest BCUT2D eigenvalue weighted by atomic mass is 79.9. The van der Waals surface area contributed by atoms with Gasteiger partial charge in [-0.3, -0.25) is 4.79 Å². The van der Waals surface area contributed by atoms with Crippen molar-refractivity contribution >= 4 is 39.3 Å². The number of anilines is 1. The first-order valence-corrected chi connectivity index (χ1v) is 9.13. The van der Waals surface area contributed by atoms with E-state index in [-0.39, 0.29) is 5.91 Å². The summed E-state index contributed by atoms with van der Waals surface area (Å²) in [5, 5.41) is 2.84. The van der Waals surface area contributed by atoms with Crippen LogP contribution in [-0.4, -0.2) is 37.0 Å². The van der Waals surface area contributed by atoms with Crippen LogP contribution >= 0.6 is 27.7 Å². The van der Waals surface area contributed by atoms with E-state index in [2.05, 4.69) is 26.2 Å². The number of rotatable bonds is 8. The Bertz CT molecular complexity index is 697. The van der Waals surface area contributed by atoms with Crippen LogP contribution in [0.5, 0.6) is 5.88 Å². The summed E-state index contributed by atoms with van der Waals surface area (Å²) in [6.45, 7) is 2.86. The molecule has 0 aliphatic rings. The van der Waals surface area contributed by atoms with Crippen LogP contribution in [-0.2, 0) is 9.53 Å². The van der Waals surface area contributed by atoms with Crippen molar-refractivity contribution in [3.8, 4) is 5.88 Å². The van der Waals surface area contributed by atoms with E-state index in [1.54, 1.807) is 25.4 Å². The molecule has 0 atom stereocenters. The van der Waals surface area contributed by atoms with E-state index in [4.69, 9.17) is 9.47 Å². The summed E-state index contributed by atoms with van der Waals surface area (Å²) < 4.78 is 11.5. The molecule has 7 heteroatoms. The van der Waals surface area contributed by atoms with Crippen LogP contribution in [0.1, 0.15) is 5.56 Å².